The molecular weight excluding hydrogens is 212 g/mol. The van der Waals surface area contributed by atoms with Gasteiger partial charge in [0.05, 0.1) is 6.61 Å². The van der Waals surface area contributed by atoms with Gasteiger partial charge in [-0.25, -0.2) is 4.79 Å². The SMILES string of the molecule is C=C(C)C(=O)OCC1CCC(C(C)(C)C)CC1. The van der Waals surface area contributed by atoms with Gasteiger partial charge in [0, 0.05) is 5.57 Å². The van der Waals surface area contributed by atoms with Crippen LogP contribution in [0.15, 0.2) is 12.2 Å². The molecular formula is C15H26O2. The molecule has 2 heteroatoms. The molecule has 17 heavy (non-hydrogen) atoms. The quantitative estimate of drug-likeness (QED) is 0.549. The average Bonchev–Trinajstić information content (AvgIpc) is 2.25. The highest BCUT2D eigenvalue weighted by molar-refractivity contribution is 5.86. The second kappa shape index (κ2) is 5.70. The van der Waals surface area contributed by atoms with Crippen LogP contribution in [0.3, 0.4) is 0 Å². The molecule has 0 radical (unpaired) electrons. The van der Waals surface area contributed by atoms with E-state index in [9.17, 15) is 4.79 Å². The van der Waals surface area contributed by atoms with E-state index in [1.165, 1.54) is 25.7 Å². The van der Waals surface area contributed by atoms with Crippen molar-refractivity contribution in [1.29, 1.82) is 0 Å². The van der Waals surface area contributed by atoms with Crippen molar-refractivity contribution in [3.63, 3.8) is 0 Å². The molecule has 0 aromatic carbocycles. The first-order valence-corrected chi connectivity index (χ1v) is 6.63. The van der Waals surface area contributed by atoms with Crippen LogP contribution in [0, 0.1) is 17.3 Å². The molecule has 98 valence electrons. The largest absolute Gasteiger partial charge is 0.462 e. The van der Waals surface area contributed by atoms with E-state index in [0.29, 0.717) is 23.5 Å². The smallest absolute Gasteiger partial charge is 0.333 e. The van der Waals surface area contributed by atoms with E-state index in [-0.39, 0.29) is 5.97 Å². The van der Waals surface area contributed by atoms with Crippen LogP contribution < -0.4 is 0 Å². The number of carbonyl (C=O) groups excluding carboxylic acids is 1. The van der Waals surface area contributed by atoms with E-state index in [4.69, 9.17) is 4.74 Å². The summed E-state index contributed by atoms with van der Waals surface area (Å²) in [4.78, 5) is 11.3. The number of rotatable bonds is 3. The summed E-state index contributed by atoms with van der Waals surface area (Å²) in [5.74, 6) is 1.12. The summed E-state index contributed by atoms with van der Waals surface area (Å²) in [5.41, 5.74) is 0.910. The fraction of sp³-hybridized carbons (Fsp3) is 0.800. The van der Waals surface area contributed by atoms with E-state index in [2.05, 4.69) is 27.4 Å². The average molecular weight is 238 g/mol. The minimum absolute atomic E-state index is 0.247. The molecule has 0 atom stereocenters. The molecule has 0 heterocycles. The lowest BCUT2D eigenvalue weighted by Crippen LogP contribution is -2.27. The maximum atomic E-state index is 11.3. The van der Waals surface area contributed by atoms with Crippen LogP contribution in [0.5, 0.6) is 0 Å². The predicted molar refractivity (Wildman–Crippen MR) is 70.7 cm³/mol. The number of hydrogen-bond acceptors (Lipinski definition) is 2. The van der Waals surface area contributed by atoms with E-state index in [0.717, 1.165) is 5.92 Å². The summed E-state index contributed by atoms with van der Waals surface area (Å²) in [6.45, 7) is 12.8. The molecule has 1 saturated carbocycles. The van der Waals surface area contributed by atoms with Crippen molar-refractivity contribution < 1.29 is 9.53 Å². The zero-order valence-corrected chi connectivity index (χ0v) is 11.7. The minimum atomic E-state index is -0.247. The lowest BCUT2D eigenvalue weighted by Gasteiger charge is -2.36. The lowest BCUT2D eigenvalue weighted by molar-refractivity contribution is -0.140. The Morgan fingerprint density at radius 1 is 1.24 bits per heavy atom. The molecule has 0 aromatic rings. The first kappa shape index (κ1) is 14.3. The summed E-state index contributed by atoms with van der Waals surface area (Å²) in [6.07, 6.45) is 4.90. The van der Waals surface area contributed by atoms with Gasteiger partial charge in [0.25, 0.3) is 0 Å². The molecule has 1 aliphatic carbocycles. The van der Waals surface area contributed by atoms with Gasteiger partial charge in [-0.15, -0.1) is 0 Å². The third-order valence-corrected chi connectivity index (χ3v) is 3.87. The Kier molecular flexibility index (Phi) is 4.79. The molecule has 0 unspecified atom stereocenters. The summed E-state index contributed by atoms with van der Waals surface area (Å²) in [6, 6.07) is 0. The van der Waals surface area contributed by atoms with E-state index in [1.54, 1.807) is 6.92 Å². The molecule has 1 aliphatic rings. The normalized spacial score (nSPS) is 25.4. The first-order chi connectivity index (χ1) is 7.80. The summed E-state index contributed by atoms with van der Waals surface area (Å²) in [7, 11) is 0. The van der Waals surface area contributed by atoms with Crippen molar-refractivity contribution in [3.8, 4) is 0 Å². The molecule has 0 N–H and O–H groups in total. The zero-order valence-electron chi connectivity index (χ0n) is 11.7. The van der Waals surface area contributed by atoms with Gasteiger partial charge in [-0.05, 0) is 49.9 Å². The lowest BCUT2D eigenvalue weighted by atomic mass is 9.70. The second-order valence-corrected chi connectivity index (χ2v) is 6.46. The van der Waals surface area contributed by atoms with Crippen molar-refractivity contribution in [2.75, 3.05) is 6.61 Å². The molecule has 0 spiro atoms. The van der Waals surface area contributed by atoms with Crippen LogP contribution in [0.4, 0.5) is 0 Å². The van der Waals surface area contributed by atoms with E-state index < -0.39 is 0 Å². The molecule has 1 fully saturated rings. The second-order valence-electron chi connectivity index (χ2n) is 6.46. The Hall–Kier alpha value is -0.790. The van der Waals surface area contributed by atoms with Crippen molar-refractivity contribution in [2.24, 2.45) is 17.3 Å². The fourth-order valence-electron chi connectivity index (χ4n) is 2.51. The van der Waals surface area contributed by atoms with Gasteiger partial charge < -0.3 is 4.74 Å². The monoisotopic (exact) mass is 238 g/mol. The maximum Gasteiger partial charge on any atom is 0.333 e. The standard InChI is InChI=1S/C15H26O2/c1-11(2)14(16)17-10-12-6-8-13(9-7-12)15(3,4)5/h12-13H,1,6-10H2,2-5H3. The fourth-order valence-corrected chi connectivity index (χ4v) is 2.51. The number of carbonyl (C=O) groups is 1. The molecule has 0 aliphatic heterocycles. The Bertz CT molecular complexity index is 278. The highest BCUT2D eigenvalue weighted by atomic mass is 16.5. The highest BCUT2D eigenvalue weighted by Gasteiger charge is 2.29. The Morgan fingerprint density at radius 2 is 1.76 bits per heavy atom. The van der Waals surface area contributed by atoms with E-state index >= 15 is 0 Å². The van der Waals surface area contributed by atoms with Crippen molar-refractivity contribution in [3.05, 3.63) is 12.2 Å². The molecule has 2 nitrogen and oxygen atoms in total. The van der Waals surface area contributed by atoms with Crippen molar-refractivity contribution in [1.82, 2.24) is 0 Å². The van der Waals surface area contributed by atoms with Gasteiger partial charge in [-0.1, -0.05) is 27.4 Å². The van der Waals surface area contributed by atoms with Crippen molar-refractivity contribution in [2.45, 2.75) is 53.4 Å². The van der Waals surface area contributed by atoms with Gasteiger partial charge in [-0.3, -0.25) is 0 Å². The number of hydrogen-bond donors (Lipinski definition) is 0. The van der Waals surface area contributed by atoms with Crippen LogP contribution in [0.2, 0.25) is 0 Å². The molecule has 0 bridgehead atoms. The minimum Gasteiger partial charge on any atom is -0.462 e. The topological polar surface area (TPSA) is 26.3 Å². The predicted octanol–water partition coefficient (Wildman–Crippen LogP) is 3.96. The zero-order chi connectivity index (χ0) is 13.1. The molecule has 0 amide bonds. The summed E-state index contributed by atoms with van der Waals surface area (Å²) in [5, 5.41) is 0. The summed E-state index contributed by atoms with van der Waals surface area (Å²) >= 11 is 0. The van der Waals surface area contributed by atoms with Gasteiger partial charge in [-0.2, -0.15) is 0 Å². The first-order valence-electron chi connectivity index (χ1n) is 6.63. The Labute approximate surface area is 105 Å². The molecule has 0 saturated heterocycles. The Balaban J connectivity index is 2.28. The third kappa shape index (κ3) is 4.53. The van der Waals surface area contributed by atoms with Crippen LogP contribution >= 0.6 is 0 Å². The van der Waals surface area contributed by atoms with Gasteiger partial charge in [0.2, 0.25) is 0 Å². The van der Waals surface area contributed by atoms with Gasteiger partial charge in [0.1, 0.15) is 0 Å². The molecule has 1 rings (SSSR count). The van der Waals surface area contributed by atoms with Crippen LogP contribution in [-0.2, 0) is 9.53 Å². The Morgan fingerprint density at radius 3 is 2.18 bits per heavy atom. The summed E-state index contributed by atoms with van der Waals surface area (Å²) < 4.78 is 5.23. The van der Waals surface area contributed by atoms with Gasteiger partial charge in [0.15, 0.2) is 0 Å². The number of ether oxygens (including phenoxy) is 1. The van der Waals surface area contributed by atoms with Crippen LogP contribution in [0.25, 0.3) is 0 Å². The highest BCUT2D eigenvalue weighted by Crippen LogP contribution is 2.39. The van der Waals surface area contributed by atoms with Crippen LogP contribution in [0.1, 0.15) is 53.4 Å². The van der Waals surface area contributed by atoms with Gasteiger partial charge >= 0.3 is 5.97 Å². The third-order valence-electron chi connectivity index (χ3n) is 3.87. The van der Waals surface area contributed by atoms with Crippen LogP contribution in [-0.4, -0.2) is 12.6 Å². The molecule has 0 aromatic heterocycles. The van der Waals surface area contributed by atoms with E-state index in [1.807, 2.05) is 0 Å². The maximum absolute atomic E-state index is 11.3. The number of esters is 1. The van der Waals surface area contributed by atoms with Crippen molar-refractivity contribution >= 4 is 5.97 Å².